The number of fused-ring (bicyclic) bond motifs is 1. The minimum absolute atomic E-state index is 0.321. The van der Waals surface area contributed by atoms with E-state index < -0.39 is 18.0 Å². The summed E-state index contributed by atoms with van der Waals surface area (Å²) < 4.78 is 5.43. The summed E-state index contributed by atoms with van der Waals surface area (Å²) in [6, 6.07) is 8.72. The number of amides is 1. The molecule has 1 unspecified atom stereocenters. The van der Waals surface area contributed by atoms with Crippen molar-refractivity contribution in [1.82, 2.24) is 25.1 Å². The molecule has 10 heteroatoms. The molecule has 0 saturated heterocycles. The molecule has 0 aliphatic heterocycles. The van der Waals surface area contributed by atoms with E-state index in [4.69, 9.17) is 4.74 Å². The first kappa shape index (κ1) is 19.6. The molecule has 0 fully saturated rings. The standard InChI is InChI=1S/C20H18N6O3S/c1-3-16(18(27)24-20-26-25-11(2)30-20)29-19(28)12-6-7-14-15(9-12)23-17(22-14)13-5-4-8-21-10-13/h4-10,16H,3H2,1-2H3,(H,22,23)(H,24,26,27). The summed E-state index contributed by atoms with van der Waals surface area (Å²) in [5.74, 6) is -0.380. The van der Waals surface area contributed by atoms with Crippen LogP contribution in [-0.4, -0.2) is 43.1 Å². The quantitative estimate of drug-likeness (QED) is 0.457. The van der Waals surface area contributed by atoms with Crippen molar-refractivity contribution in [2.75, 3.05) is 5.32 Å². The Morgan fingerprint density at radius 1 is 1.27 bits per heavy atom. The molecule has 4 rings (SSSR count). The minimum Gasteiger partial charge on any atom is -0.449 e. The third-order valence-electron chi connectivity index (χ3n) is 4.32. The number of nitrogens with one attached hydrogen (secondary N) is 2. The van der Waals surface area contributed by atoms with Crippen molar-refractivity contribution in [2.45, 2.75) is 26.4 Å². The molecule has 1 aromatic carbocycles. The second kappa shape index (κ2) is 8.37. The highest BCUT2D eigenvalue weighted by Gasteiger charge is 2.23. The van der Waals surface area contributed by atoms with E-state index >= 15 is 0 Å². The van der Waals surface area contributed by atoms with E-state index in [2.05, 4.69) is 30.5 Å². The van der Waals surface area contributed by atoms with E-state index in [0.717, 1.165) is 10.6 Å². The van der Waals surface area contributed by atoms with Crippen LogP contribution in [0.15, 0.2) is 42.7 Å². The van der Waals surface area contributed by atoms with Crippen LogP contribution < -0.4 is 5.32 Å². The lowest BCUT2D eigenvalue weighted by atomic mass is 10.2. The zero-order valence-electron chi connectivity index (χ0n) is 16.2. The molecule has 0 radical (unpaired) electrons. The maximum atomic E-state index is 12.6. The van der Waals surface area contributed by atoms with Gasteiger partial charge in [0.25, 0.3) is 5.91 Å². The van der Waals surface area contributed by atoms with Crippen LogP contribution in [0, 0.1) is 6.92 Å². The predicted molar refractivity (Wildman–Crippen MR) is 112 cm³/mol. The molecule has 3 heterocycles. The third-order valence-corrected chi connectivity index (χ3v) is 5.08. The normalized spacial score (nSPS) is 11.9. The topological polar surface area (TPSA) is 123 Å². The van der Waals surface area contributed by atoms with Gasteiger partial charge in [0, 0.05) is 18.0 Å². The Balaban J connectivity index is 1.49. The summed E-state index contributed by atoms with van der Waals surface area (Å²) in [6.07, 6.45) is 2.78. The number of aryl methyl sites for hydroxylation is 1. The van der Waals surface area contributed by atoms with Gasteiger partial charge in [-0.2, -0.15) is 0 Å². The number of imidazole rings is 1. The Kier molecular flexibility index (Phi) is 5.48. The van der Waals surface area contributed by atoms with Crippen molar-refractivity contribution in [1.29, 1.82) is 0 Å². The average Bonchev–Trinajstić information content (AvgIpc) is 3.37. The predicted octanol–water partition coefficient (Wildman–Crippen LogP) is 3.36. The number of hydrogen-bond donors (Lipinski definition) is 2. The Labute approximate surface area is 175 Å². The van der Waals surface area contributed by atoms with E-state index in [1.807, 2.05) is 12.1 Å². The zero-order chi connectivity index (χ0) is 21.1. The monoisotopic (exact) mass is 422 g/mol. The van der Waals surface area contributed by atoms with Gasteiger partial charge in [-0.15, -0.1) is 10.2 Å². The fourth-order valence-electron chi connectivity index (χ4n) is 2.83. The lowest BCUT2D eigenvalue weighted by Gasteiger charge is -2.15. The van der Waals surface area contributed by atoms with Crippen LogP contribution >= 0.6 is 11.3 Å². The number of aromatic nitrogens is 5. The third kappa shape index (κ3) is 4.18. The molecule has 9 nitrogen and oxygen atoms in total. The second-order valence-corrected chi connectivity index (χ2v) is 7.66. The molecule has 0 saturated carbocycles. The molecule has 1 atom stereocenters. The maximum absolute atomic E-state index is 12.6. The van der Waals surface area contributed by atoms with Gasteiger partial charge in [-0.25, -0.2) is 9.78 Å². The van der Waals surface area contributed by atoms with Crippen molar-refractivity contribution in [2.24, 2.45) is 0 Å². The van der Waals surface area contributed by atoms with Gasteiger partial charge in [-0.1, -0.05) is 18.3 Å². The first-order valence-corrected chi connectivity index (χ1v) is 10.1. The number of hydrogen-bond acceptors (Lipinski definition) is 8. The number of carbonyl (C=O) groups excluding carboxylic acids is 2. The molecule has 3 aromatic heterocycles. The summed E-state index contributed by atoms with van der Waals surface area (Å²) in [7, 11) is 0. The number of carbonyl (C=O) groups is 2. The van der Waals surface area contributed by atoms with Gasteiger partial charge in [-0.3, -0.25) is 15.1 Å². The number of nitrogens with zero attached hydrogens (tertiary/aromatic N) is 4. The van der Waals surface area contributed by atoms with Gasteiger partial charge in [0.05, 0.1) is 16.6 Å². The number of esters is 1. The Bertz CT molecular complexity index is 1200. The Hall–Kier alpha value is -3.66. The minimum atomic E-state index is -0.940. The van der Waals surface area contributed by atoms with Crippen LogP contribution in [0.3, 0.4) is 0 Å². The molecule has 30 heavy (non-hydrogen) atoms. The lowest BCUT2D eigenvalue weighted by Crippen LogP contribution is -2.32. The summed E-state index contributed by atoms with van der Waals surface area (Å²) in [6.45, 7) is 3.55. The molecule has 0 bridgehead atoms. The zero-order valence-corrected chi connectivity index (χ0v) is 17.1. The van der Waals surface area contributed by atoms with Crippen LogP contribution in [0.1, 0.15) is 28.7 Å². The SMILES string of the molecule is CCC(OC(=O)c1ccc2nc(-c3cccnc3)[nH]c2c1)C(=O)Nc1nnc(C)s1. The van der Waals surface area contributed by atoms with Crippen molar-refractivity contribution >= 4 is 39.4 Å². The number of pyridine rings is 1. The van der Waals surface area contributed by atoms with E-state index in [1.54, 1.807) is 44.4 Å². The number of benzene rings is 1. The van der Waals surface area contributed by atoms with Crippen LogP contribution in [0.5, 0.6) is 0 Å². The fourth-order valence-corrected chi connectivity index (χ4v) is 3.42. The van der Waals surface area contributed by atoms with E-state index in [9.17, 15) is 9.59 Å². The summed E-state index contributed by atoms with van der Waals surface area (Å²) in [4.78, 5) is 36.8. The highest BCUT2D eigenvalue weighted by molar-refractivity contribution is 7.15. The number of aromatic amines is 1. The average molecular weight is 422 g/mol. The molecular formula is C20H18N6O3S. The van der Waals surface area contributed by atoms with Crippen molar-refractivity contribution in [3.8, 4) is 11.4 Å². The maximum Gasteiger partial charge on any atom is 0.338 e. The Morgan fingerprint density at radius 2 is 2.13 bits per heavy atom. The van der Waals surface area contributed by atoms with Crippen LogP contribution in [0.4, 0.5) is 5.13 Å². The van der Waals surface area contributed by atoms with Gasteiger partial charge < -0.3 is 9.72 Å². The molecule has 1 amide bonds. The number of ether oxygens (including phenoxy) is 1. The molecule has 2 N–H and O–H groups in total. The molecular weight excluding hydrogens is 404 g/mol. The summed E-state index contributed by atoms with van der Waals surface area (Å²) in [5, 5.41) is 11.4. The highest BCUT2D eigenvalue weighted by atomic mass is 32.1. The largest absolute Gasteiger partial charge is 0.449 e. The molecule has 0 spiro atoms. The van der Waals surface area contributed by atoms with Gasteiger partial charge >= 0.3 is 5.97 Å². The molecule has 152 valence electrons. The fraction of sp³-hybridized carbons (Fsp3) is 0.200. The van der Waals surface area contributed by atoms with Gasteiger partial charge in [0.2, 0.25) is 5.13 Å². The molecule has 0 aliphatic carbocycles. The van der Waals surface area contributed by atoms with Crippen LogP contribution in [-0.2, 0) is 9.53 Å². The van der Waals surface area contributed by atoms with Crippen LogP contribution in [0.25, 0.3) is 22.4 Å². The summed E-state index contributed by atoms with van der Waals surface area (Å²) in [5.41, 5.74) is 2.56. The Morgan fingerprint density at radius 3 is 2.83 bits per heavy atom. The van der Waals surface area contributed by atoms with Crippen molar-refractivity contribution in [3.63, 3.8) is 0 Å². The number of rotatable bonds is 6. The van der Waals surface area contributed by atoms with Gasteiger partial charge in [-0.05, 0) is 43.7 Å². The number of H-pyrrole nitrogens is 1. The lowest BCUT2D eigenvalue weighted by molar-refractivity contribution is -0.124. The first-order valence-electron chi connectivity index (χ1n) is 9.25. The first-order chi connectivity index (χ1) is 14.5. The molecule has 0 aliphatic rings. The summed E-state index contributed by atoms with van der Waals surface area (Å²) >= 11 is 1.25. The van der Waals surface area contributed by atoms with Gasteiger partial charge in [0.15, 0.2) is 6.10 Å². The van der Waals surface area contributed by atoms with E-state index in [1.165, 1.54) is 11.3 Å². The smallest absolute Gasteiger partial charge is 0.338 e. The van der Waals surface area contributed by atoms with E-state index in [0.29, 0.717) is 34.0 Å². The highest BCUT2D eigenvalue weighted by Crippen LogP contribution is 2.21. The number of anilines is 1. The van der Waals surface area contributed by atoms with Crippen molar-refractivity contribution < 1.29 is 14.3 Å². The van der Waals surface area contributed by atoms with E-state index in [-0.39, 0.29) is 0 Å². The van der Waals surface area contributed by atoms with Gasteiger partial charge in [0.1, 0.15) is 10.8 Å². The second-order valence-electron chi connectivity index (χ2n) is 6.48. The van der Waals surface area contributed by atoms with Crippen molar-refractivity contribution in [3.05, 3.63) is 53.3 Å². The molecule has 4 aromatic rings. The van der Waals surface area contributed by atoms with Crippen LogP contribution in [0.2, 0.25) is 0 Å².